The zero-order valence-corrected chi connectivity index (χ0v) is 14.3. The first-order valence-electron chi connectivity index (χ1n) is 8.14. The molecule has 5 nitrogen and oxygen atoms in total. The maximum absolute atomic E-state index is 13.0. The second-order valence-corrected chi connectivity index (χ2v) is 6.94. The Balaban J connectivity index is 1.91. The van der Waals surface area contributed by atoms with Crippen molar-refractivity contribution >= 4 is 6.09 Å². The summed E-state index contributed by atoms with van der Waals surface area (Å²) in [5, 5.41) is 3.51. The van der Waals surface area contributed by atoms with Crippen LogP contribution in [0.5, 0.6) is 0 Å². The molecule has 23 heavy (non-hydrogen) atoms. The standard InChI is InChI=1S/C17H26FN3O2/c1-5-14(15-7-6-12(18)10-19-15)20-13-8-9-21(11-13)16(22)23-17(2,3)4/h6-7,10,13-14,20H,5,8-9,11H2,1-4H3. The Labute approximate surface area is 137 Å². The normalized spacial score (nSPS) is 19.7. The number of nitrogens with one attached hydrogen (secondary N) is 1. The van der Waals surface area contributed by atoms with Crippen molar-refractivity contribution in [3.05, 3.63) is 29.8 Å². The molecule has 1 saturated heterocycles. The number of amides is 1. The van der Waals surface area contributed by atoms with E-state index in [1.54, 1.807) is 11.0 Å². The molecule has 0 spiro atoms. The summed E-state index contributed by atoms with van der Waals surface area (Å²) in [5.41, 5.74) is 0.344. The van der Waals surface area contributed by atoms with Crippen LogP contribution >= 0.6 is 0 Å². The Morgan fingerprint density at radius 3 is 2.83 bits per heavy atom. The molecule has 2 unspecified atom stereocenters. The van der Waals surface area contributed by atoms with E-state index < -0.39 is 5.60 Å². The fraction of sp³-hybridized carbons (Fsp3) is 0.647. The third kappa shape index (κ3) is 5.16. The van der Waals surface area contributed by atoms with Crippen LogP contribution in [0.15, 0.2) is 18.3 Å². The number of likely N-dealkylation sites (tertiary alicyclic amines) is 1. The molecular formula is C17H26FN3O2. The SMILES string of the molecule is CCC(NC1CCN(C(=O)OC(C)(C)C)C1)c1ccc(F)cn1. The molecule has 0 bridgehead atoms. The smallest absolute Gasteiger partial charge is 0.410 e. The second-order valence-electron chi connectivity index (χ2n) is 6.94. The maximum Gasteiger partial charge on any atom is 0.410 e. The lowest BCUT2D eigenvalue weighted by molar-refractivity contribution is 0.0290. The molecule has 128 valence electrons. The molecule has 1 aromatic rings. The number of ether oxygens (including phenoxy) is 1. The molecule has 6 heteroatoms. The summed E-state index contributed by atoms with van der Waals surface area (Å²) < 4.78 is 18.4. The number of aromatic nitrogens is 1. The fourth-order valence-electron chi connectivity index (χ4n) is 2.68. The predicted molar refractivity (Wildman–Crippen MR) is 86.6 cm³/mol. The molecule has 1 aromatic heterocycles. The van der Waals surface area contributed by atoms with Crippen molar-refractivity contribution in [2.24, 2.45) is 0 Å². The first-order chi connectivity index (χ1) is 10.8. The van der Waals surface area contributed by atoms with Crippen molar-refractivity contribution in [3.8, 4) is 0 Å². The minimum absolute atomic E-state index is 0.0548. The lowest BCUT2D eigenvalue weighted by Gasteiger charge is -2.25. The number of pyridine rings is 1. The Kier molecular flexibility index (Phi) is 5.57. The molecule has 0 radical (unpaired) electrons. The molecular weight excluding hydrogens is 297 g/mol. The number of carbonyl (C=O) groups is 1. The largest absolute Gasteiger partial charge is 0.444 e. The molecule has 0 aliphatic carbocycles. The lowest BCUT2D eigenvalue weighted by atomic mass is 10.1. The van der Waals surface area contributed by atoms with Crippen LogP contribution in [0.2, 0.25) is 0 Å². The van der Waals surface area contributed by atoms with Gasteiger partial charge in [0.1, 0.15) is 11.4 Å². The zero-order valence-electron chi connectivity index (χ0n) is 14.3. The van der Waals surface area contributed by atoms with E-state index in [2.05, 4.69) is 17.2 Å². The highest BCUT2D eigenvalue weighted by molar-refractivity contribution is 5.68. The predicted octanol–water partition coefficient (Wildman–Crippen LogP) is 3.27. The summed E-state index contributed by atoms with van der Waals surface area (Å²) in [4.78, 5) is 18.0. The molecule has 1 aliphatic rings. The van der Waals surface area contributed by atoms with Crippen molar-refractivity contribution in [1.29, 1.82) is 0 Å². The highest BCUT2D eigenvalue weighted by Gasteiger charge is 2.30. The average molecular weight is 323 g/mol. The number of halogens is 1. The van der Waals surface area contributed by atoms with Crippen LogP contribution < -0.4 is 5.32 Å². The average Bonchev–Trinajstić information content (AvgIpc) is 2.93. The molecule has 1 amide bonds. The summed E-state index contributed by atoms with van der Waals surface area (Å²) in [6, 6.07) is 3.38. The van der Waals surface area contributed by atoms with Gasteiger partial charge in [-0.3, -0.25) is 4.98 Å². The third-order valence-electron chi connectivity index (χ3n) is 3.79. The van der Waals surface area contributed by atoms with Gasteiger partial charge in [-0.2, -0.15) is 0 Å². The van der Waals surface area contributed by atoms with Crippen LogP contribution in [0, 0.1) is 5.82 Å². The molecule has 1 fully saturated rings. The molecule has 0 saturated carbocycles. The summed E-state index contributed by atoms with van der Waals surface area (Å²) >= 11 is 0. The first-order valence-corrected chi connectivity index (χ1v) is 8.14. The van der Waals surface area contributed by atoms with Gasteiger partial charge >= 0.3 is 6.09 Å². The molecule has 1 N–H and O–H groups in total. The van der Waals surface area contributed by atoms with Crippen molar-refractivity contribution < 1.29 is 13.9 Å². The summed E-state index contributed by atoms with van der Waals surface area (Å²) in [7, 11) is 0. The maximum atomic E-state index is 13.0. The number of nitrogens with zero attached hydrogens (tertiary/aromatic N) is 2. The van der Waals surface area contributed by atoms with E-state index in [1.165, 1.54) is 12.3 Å². The van der Waals surface area contributed by atoms with Crippen molar-refractivity contribution in [2.45, 2.75) is 58.2 Å². The molecule has 2 atom stereocenters. The van der Waals surface area contributed by atoms with Gasteiger partial charge in [-0.1, -0.05) is 6.92 Å². The highest BCUT2D eigenvalue weighted by atomic mass is 19.1. The zero-order chi connectivity index (χ0) is 17.0. The van der Waals surface area contributed by atoms with Crippen LogP contribution in [0.4, 0.5) is 9.18 Å². The Hall–Kier alpha value is -1.69. The fourth-order valence-corrected chi connectivity index (χ4v) is 2.68. The monoisotopic (exact) mass is 323 g/mol. The van der Waals surface area contributed by atoms with Gasteiger partial charge in [0.2, 0.25) is 0 Å². The molecule has 1 aliphatic heterocycles. The van der Waals surface area contributed by atoms with Gasteiger partial charge in [0, 0.05) is 25.2 Å². The van der Waals surface area contributed by atoms with E-state index in [9.17, 15) is 9.18 Å². The van der Waals surface area contributed by atoms with E-state index in [0.717, 1.165) is 18.5 Å². The molecule has 0 aromatic carbocycles. The van der Waals surface area contributed by atoms with Crippen LogP contribution in [-0.2, 0) is 4.74 Å². The quantitative estimate of drug-likeness (QED) is 0.924. The number of rotatable bonds is 4. The number of hydrogen-bond acceptors (Lipinski definition) is 4. The van der Waals surface area contributed by atoms with E-state index >= 15 is 0 Å². The molecule has 2 rings (SSSR count). The minimum Gasteiger partial charge on any atom is -0.444 e. The van der Waals surface area contributed by atoms with E-state index in [1.807, 2.05) is 20.8 Å². The second kappa shape index (κ2) is 7.25. The van der Waals surface area contributed by atoms with Crippen LogP contribution in [0.25, 0.3) is 0 Å². The Morgan fingerprint density at radius 2 is 2.26 bits per heavy atom. The van der Waals surface area contributed by atoms with Crippen molar-refractivity contribution in [1.82, 2.24) is 15.2 Å². The number of carbonyl (C=O) groups excluding carboxylic acids is 1. The minimum atomic E-state index is -0.480. The van der Waals surface area contributed by atoms with Crippen LogP contribution in [0.3, 0.4) is 0 Å². The summed E-state index contributed by atoms with van der Waals surface area (Å²) in [6.45, 7) is 8.95. The van der Waals surface area contributed by atoms with Crippen molar-refractivity contribution in [2.75, 3.05) is 13.1 Å². The topological polar surface area (TPSA) is 54.5 Å². The van der Waals surface area contributed by atoms with Gasteiger partial charge in [0.05, 0.1) is 11.9 Å². The molecule has 2 heterocycles. The Morgan fingerprint density at radius 1 is 1.52 bits per heavy atom. The van der Waals surface area contributed by atoms with Crippen molar-refractivity contribution in [3.63, 3.8) is 0 Å². The van der Waals surface area contributed by atoms with Gasteiger partial charge in [-0.25, -0.2) is 9.18 Å². The van der Waals surface area contributed by atoms with Gasteiger partial charge in [0.25, 0.3) is 0 Å². The van der Waals surface area contributed by atoms with E-state index in [-0.39, 0.29) is 24.0 Å². The van der Waals surface area contributed by atoms with E-state index in [4.69, 9.17) is 4.74 Å². The Bertz CT molecular complexity index is 528. The van der Waals surface area contributed by atoms with E-state index in [0.29, 0.717) is 13.1 Å². The van der Waals surface area contributed by atoms with Crippen LogP contribution in [-0.4, -0.2) is 40.7 Å². The van der Waals surface area contributed by atoms with Crippen LogP contribution in [0.1, 0.15) is 52.3 Å². The number of hydrogen-bond donors (Lipinski definition) is 1. The first kappa shape index (κ1) is 17.7. The lowest BCUT2D eigenvalue weighted by Crippen LogP contribution is -2.39. The van der Waals surface area contributed by atoms with Gasteiger partial charge in [0.15, 0.2) is 0 Å². The third-order valence-corrected chi connectivity index (χ3v) is 3.79. The summed E-state index contributed by atoms with van der Waals surface area (Å²) in [5.74, 6) is -0.333. The van der Waals surface area contributed by atoms with Gasteiger partial charge < -0.3 is 15.0 Å². The highest BCUT2D eigenvalue weighted by Crippen LogP contribution is 2.20. The summed E-state index contributed by atoms with van der Waals surface area (Å²) in [6.07, 6.45) is 2.69. The van der Waals surface area contributed by atoms with Gasteiger partial charge in [-0.15, -0.1) is 0 Å². The van der Waals surface area contributed by atoms with Gasteiger partial charge in [-0.05, 0) is 45.7 Å².